The summed E-state index contributed by atoms with van der Waals surface area (Å²) in [6.07, 6.45) is 2.00. The lowest BCUT2D eigenvalue weighted by Gasteiger charge is -2.18. The van der Waals surface area contributed by atoms with E-state index in [0.29, 0.717) is 12.8 Å². The number of rotatable bonds is 9. The van der Waals surface area contributed by atoms with Crippen LogP contribution in [0.25, 0.3) is 0 Å². The quantitative estimate of drug-likeness (QED) is 0.714. The molecule has 0 heterocycles. The van der Waals surface area contributed by atoms with Crippen LogP contribution in [0.5, 0.6) is 0 Å². The SMILES string of the molecule is CCC(NC(=O)CNc1cccc(CCC(=O)N(C)C)c1)c1ccccc1. The third-order valence-corrected chi connectivity index (χ3v) is 4.45. The number of anilines is 1. The van der Waals surface area contributed by atoms with Gasteiger partial charge in [0.25, 0.3) is 0 Å². The Morgan fingerprint density at radius 1 is 1.04 bits per heavy atom. The van der Waals surface area contributed by atoms with Crippen molar-refractivity contribution in [2.24, 2.45) is 0 Å². The highest BCUT2D eigenvalue weighted by atomic mass is 16.2. The van der Waals surface area contributed by atoms with Gasteiger partial charge in [0, 0.05) is 26.2 Å². The van der Waals surface area contributed by atoms with Gasteiger partial charge in [-0.25, -0.2) is 0 Å². The van der Waals surface area contributed by atoms with Crippen LogP contribution in [0.4, 0.5) is 5.69 Å². The molecule has 2 N–H and O–H groups in total. The fraction of sp³-hybridized carbons (Fsp3) is 0.364. The van der Waals surface area contributed by atoms with Crippen molar-refractivity contribution >= 4 is 17.5 Å². The minimum Gasteiger partial charge on any atom is -0.376 e. The summed E-state index contributed by atoms with van der Waals surface area (Å²) in [5, 5.41) is 6.24. The van der Waals surface area contributed by atoms with Crippen molar-refractivity contribution in [3.05, 3.63) is 65.7 Å². The Bertz CT molecular complexity index is 744. The molecule has 0 aliphatic rings. The predicted octanol–water partition coefficient (Wildman–Crippen LogP) is 3.39. The second-order valence-electron chi connectivity index (χ2n) is 6.78. The molecular formula is C22H29N3O2. The summed E-state index contributed by atoms with van der Waals surface area (Å²) < 4.78 is 0. The molecule has 5 nitrogen and oxygen atoms in total. The second-order valence-corrected chi connectivity index (χ2v) is 6.78. The van der Waals surface area contributed by atoms with E-state index >= 15 is 0 Å². The maximum Gasteiger partial charge on any atom is 0.239 e. The number of nitrogens with one attached hydrogen (secondary N) is 2. The molecule has 0 aliphatic heterocycles. The first-order valence-electron chi connectivity index (χ1n) is 9.37. The van der Waals surface area contributed by atoms with E-state index < -0.39 is 0 Å². The van der Waals surface area contributed by atoms with Crippen molar-refractivity contribution < 1.29 is 9.59 Å². The zero-order valence-electron chi connectivity index (χ0n) is 16.4. The number of aryl methyl sites for hydroxylation is 1. The van der Waals surface area contributed by atoms with Crippen LogP contribution in [0.1, 0.15) is 36.9 Å². The Balaban J connectivity index is 1.85. The second kappa shape index (κ2) is 10.4. The highest BCUT2D eigenvalue weighted by Gasteiger charge is 2.12. The van der Waals surface area contributed by atoms with Gasteiger partial charge in [0.15, 0.2) is 0 Å². The van der Waals surface area contributed by atoms with Crippen molar-refractivity contribution in [2.45, 2.75) is 32.2 Å². The number of carbonyl (C=O) groups is 2. The Labute approximate surface area is 161 Å². The average molecular weight is 367 g/mol. The fourth-order valence-corrected chi connectivity index (χ4v) is 2.85. The molecule has 0 spiro atoms. The lowest BCUT2D eigenvalue weighted by molar-refractivity contribution is -0.128. The van der Waals surface area contributed by atoms with Crippen molar-refractivity contribution in [3.63, 3.8) is 0 Å². The molecule has 144 valence electrons. The first-order chi connectivity index (χ1) is 13.0. The molecule has 27 heavy (non-hydrogen) atoms. The highest BCUT2D eigenvalue weighted by molar-refractivity contribution is 5.81. The van der Waals surface area contributed by atoms with E-state index in [2.05, 4.69) is 17.6 Å². The van der Waals surface area contributed by atoms with Gasteiger partial charge in [0.05, 0.1) is 12.6 Å². The molecule has 1 atom stereocenters. The summed E-state index contributed by atoms with van der Waals surface area (Å²) in [5.41, 5.74) is 3.07. The molecule has 2 aromatic carbocycles. The molecule has 0 saturated heterocycles. The standard InChI is InChI=1S/C22H29N3O2/c1-4-20(18-10-6-5-7-11-18)24-21(26)16-23-19-12-8-9-17(15-19)13-14-22(27)25(2)3/h5-12,15,20,23H,4,13-14,16H2,1-3H3,(H,24,26). The lowest BCUT2D eigenvalue weighted by atomic mass is 10.0. The first-order valence-corrected chi connectivity index (χ1v) is 9.37. The molecule has 2 rings (SSSR count). The molecule has 5 heteroatoms. The van der Waals surface area contributed by atoms with Crippen LogP contribution in [0, 0.1) is 0 Å². The summed E-state index contributed by atoms with van der Waals surface area (Å²) in [7, 11) is 3.52. The summed E-state index contributed by atoms with van der Waals surface area (Å²) >= 11 is 0. The van der Waals surface area contributed by atoms with Gasteiger partial charge in [-0.15, -0.1) is 0 Å². The first kappa shape index (κ1) is 20.5. The van der Waals surface area contributed by atoms with Gasteiger partial charge >= 0.3 is 0 Å². The molecule has 2 aromatic rings. The number of hydrogen-bond donors (Lipinski definition) is 2. The van der Waals surface area contributed by atoms with Gasteiger partial charge in [0.1, 0.15) is 0 Å². The molecule has 0 bridgehead atoms. The van der Waals surface area contributed by atoms with Gasteiger partial charge in [-0.05, 0) is 36.1 Å². The minimum absolute atomic E-state index is 0.0175. The monoisotopic (exact) mass is 367 g/mol. The summed E-state index contributed by atoms with van der Waals surface area (Å²) in [6.45, 7) is 2.27. The van der Waals surface area contributed by atoms with Gasteiger partial charge in [-0.3, -0.25) is 9.59 Å². The number of carbonyl (C=O) groups excluding carboxylic acids is 2. The number of hydrogen-bond acceptors (Lipinski definition) is 3. The topological polar surface area (TPSA) is 61.4 Å². The summed E-state index contributed by atoms with van der Waals surface area (Å²) in [4.78, 5) is 25.6. The smallest absolute Gasteiger partial charge is 0.239 e. The van der Waals surface area contributed by atoms with Crippen molar-refractivity contribution in [2.75, 3.05) is 26.0 Å². The third kappa shape index (κ3) is 6.77. The van der Waals surface area contributed by atoms with Gasteiger partial charge < -0.3 is 15.5 Å². The molecule has 0 aromatic heterocycles. The minimum atomic E-state index is -0.0427. The molecule has 0 radical (unpaired) electrons. The van der Waals surface area contributed by atoms with Crippen LogP contribution in [-0.4, -0.2) is 37.4 Å². The molecule has 2 amide bonds. The van der Waals surface area contributed by atoms with Gasteiger partial charge in [-0.2, -0.15) is 0 Å². The zero-order chi connectivity index (χ0) is 19.6. The molecule has 0 saturated carbocycles. The molecule has 1 unspecified atom stereocenters. The average Bonchev–Trinajstić information content (AvgIpc) is 2.69. The lowest BCUT2D eigenvalue weighted by Crippen LogP contribution is -2.33. The van der Waals surface area contributed by atoms with E-state index in [0.717, 1.165) is 23.2 Å². The highest BCUT2D eigenvalue weighted by Crippen LogP contribution is 2.16. The Kier molecular flexibility index (Phi) is 7.86. The number of benzene rings is 2. The largest absolute Gasteiger partial charge is 0.376 e. The Hall–Kier alpha value is -2.82. The Morgan fingerprint density at radius 3 is 2.44 bits per heavy atom. The van der Waals surface area contributed by atoms with Crippen LogP contribution in [0.15, 0.2) is 54.6 Å². The van der Waals surface area contributed by atoms with E-state index in [1.165, 1.54) is 0 Å². The maximum atomic E-state index is 12.3. The number of nitrogens with zero attached hydrogens (tertiary/aromatic N) is 1. The van der Waals surface area contributed by atoms with Gasteiger partial charge in [-0.1, -0.05) is 49.4 Å². The van der Waals surface area contributed by atoms with Crippen molar-refractivity contribution in [3.8, 4) is 0 Å². The van der Waals surface area contributed by atoms with Gasteiger partial charge in [0.2, 0.25) is 11.8 Å². The fourth-order valence-electron chi connectivity index (χ4n) is 2.85. The predicted molar refractivity (Wildman–Crippen MR) is 110 cm³/mol. The van der Waals surface area contributed by atoms with Crippen LogP contribution in [0.2, 0.25) is 0 Å². The van der Waals surface area contributed by atoms with Crippen molar-refractivity contribution in [1.82, 2.24) is 10.2 Å². The zero-order valence-corrected chi connectivity index (χ0v) is 16.4. The maximum absolute atomic E-state index is 12.3. The van der Waals surface area contributed by atoms with E-state index in [9.17, 15) is 9.59 Å². The van der Waals surface area contributed by atoms with E-state index in [-0.39, 0.29) is 24.4 Å². The molecule has 0 fully saturated rings. The van der Waals surface area contributed by atoms with E-state index in [1.54, 1.807) is 19.0 Å². The summed E-state index contributed by atoms with van der Waals surface area (Å²) in [5.74, 6) is 0.0677. The summed E-state index contributed by atoms with van der Waals surface area (Å²) in [6, 6.07) is 17.9. The molecule has 0 aliphatic carbocycles. The van der Waals surface area contributed by atoms with Crippen LogP contribution in [0.3, 0.4) is 0 Å². The van der Waals surface area contributed by atoms with Crippen LogP contribution >= 0.6 is 0 Å². The number of amides is 2. The molecular weight excluding hydrogens is 338 g/mol. The Morgan fingerprint density at radius 2 is 1.78 bits per heavy atom. The normalized spacial score (nSPS) is 11.5. The van der Waals surface area contributed by atoms with Crippen LogP contribution in [-0.2, 0) is 16.0 Å². The van der Waals surface area contributed by atoms with E-state index in [1.807, 2.05) is 54.6 Å². The van der Waals surface area contributed by atoms with Crippen LogP contribution < -0.4 is 10.6 Å². The third-order valence-electron chi connectivity index (χ3n) is 4.45. The van der Waals surface area contributed by atoms with Crippen molar-refractivity contribution in [1.29, 1.82) is 0 Å². The van der Waals surface area contributed by atoms with E-state index in [4.69, 9.17) is 0 Å².